The van der Waals surface area contributed by atoms with Crippen molar-refractivity contribution in [3.05, 3.63) is 63.8 Å². The third-order valence-electron chi connectivity index (χ3n) is 5.99. The van der Waals surface area contributed by atoms with Crippen LogP contribution in [0.25, 0.3) is 11.3 Å². The number of nitrogens with zero attached hydrogens (tertiary/aromatic N) is 3. The molecule has 43 heavy (non-hydrogen) atoms. The van der Waals surface area contributed by atoms with Crippen molar-refractivity contribution in [1.82, 2.24) is 15.0 Å². The SMILES string of the molecule is CC(=O)OCC1OC(Sc2cc(Cl)c(Cl)cc2F)C(OC(C)=O)C(n2cc(-c3cc(F)c(F)c(F)c3)nn2)C1OC(C)=O. The van der Waals surface area contributed by atoms with E-state index in [-0.39, 0.29) is 26.2 Å². The molecule has 0 aliphatic carbocycles. The zero-order valence-corrected chi connectivity index (χ0v) is 24.7. The molecule has 230 valence electrons. The second kappa shape index (κ2) is 13.5. The van der Waals surface area contributed by atoms with E-state index in [0.717, 1.165) is 43.3 Å². The van der Waals surface area contributed by atoms with Gasteiger partial charge in [0.25, 0.3) is 0 Å². The van der Waals surface area contributed by atoms with Crippen molar-refractivity contribution in [2.45, 2.75) is 55.5 Å². The molecule has 1 saturated heterocycles. The maximum atomic E-state index is 14.9. The van der Waals surface area contributed by atoms with E-state index >= 15 is 0 Å². The van der Waals surface area contributed by atoms with Crippen LogP contribution in [0.4, 0.5) is 17.6 Å². The lowest BCUT2D eigenvalue weighted by Crippen LogP contribution is -2.57. The van der Waals surface area contributed by atoms with E-state index in [2.05, 4.69) is 10.3 Å². The summed E-state index contributed by atoms with van der Waals surface area (Å²) in [6.07, 6.45) is -2.82. The lowest BCUT2D eigenvalue weighted by molar-refractivity contribution is -0.212. The highest BCUT2D eigenvalue weighted by Gasteiger charge is 2.52. The Morgan fingerprint density at radius 2 is 1.51 bits per heavy atom. The molecule has 1 aliphatic heterocycles. The van der Waals surface area contributed by atoms with Gasteiger partial charge in [-0.1, -0.05) is 40.2 Å². The molecule has 1 aromatic heterocycles. The van der Waals surface area contributed by atoms with Crippen LogP contribution in [0.15, 0.2) is 35.4 Å². The van der Waals surface area contributed by atoms with Gasteiger partial charge in [-0.3, -0.25) is 14.4 Å². The van der Waals surface area contributed by atoms with Gasteiger partial charge in [-0.05, 0) is 24.3 Å². The van der Waals surface area contributed by atoms with E-state index in [4.69, 9.17) is 42.1 Å². The Labute approximate surface area is 255 Å². The molecule has 0 spiro atoms. The molecule has 1 aliphatic rings. The van der Waals surface area contributed by atoms with Crippen molar-refractivity contribution in [3.63, 3.8) is 0 Å². The maximum absolute atomic E-state index is 14.9. The number of halogens is 6. The van der Waals surface area contributed by atoms with Crippen molar-refractivity contribution in [2.75, 3.05) is 6.61 Å². The Balaban J connectivity index is 1.84. The molecule has 0 saturated carbocycles. The molecule has 0 radical (unpaired) electrons. The molecule has 2 heterocycles. The number of hydrogen-bond acceptors (Lipinski definition) is 10. The molecule has 5 unspecified atom stereocenters. The maximum Gasteiger partial charge on any atom is 0.303 e. The monoisotopic (exact) mass is 665 g/mol. The molecule has 1 fully saturated rings. The zero-order chi connectivity index (χ0) is 31.6. The van der Waals surface area contributed by atoms with Gasteiger partial charge >= 0.3 is 17.9 Å². The van der Waals surface area contributed by atoms with E-state index in [1.807, 2.05) is 0 Å². The summed E-state index contributed by atoms with van der Waals surface area (Å²) in [6.45, 7) is 2.84. The summed E-state index contributed by atoms with van der Waals surface area (Å²) in [7, 11) is 0. The van der Waals surface area contributed by atoms with E-state index < -0.39 is 77.6 Å². The predicted molar refractivity (Wildman–Crippen MR) is 143 cm³/mol. The van der Waals surface area contributed by atoms with E-state index in [0.29, 0.717) is 12.1 Å². The molecule has 4 rings (SSSR count). The molecular formula is C26H21Cl2F4N3O7S. The lowest BCUT2D eigenvalue weighted by Gasteiger charge is -2.44. The van der Waals surface area contributed by atoms with Gasteiger partial charge in [-0.25, -0.2) is 22.2 Å². The molecule has 0 amide bonds. The first-order valence-electron chi connectivity index (χ1n) is 12.3. The molecular weight excluding hydrogens is 645 g/mol. The first kappa shape index (κ1) is 32.5. The number of esters is 3. The zero-order valence-electron chi connectivity index (χ0n) is 22.4. The van der Waals surface area contributed by atoms with Crippen molar-refractivity contribution < 1.29 is 50.9 Å². The normalized spacial score (nSPS) is 21.7. The standard InChI is InChI=1S/C26H21Cl2F4N3O7S/c1-10(36)39-9-20-24(40-11(2)37)23(35-8-19(33-34-35)13-4-17(30)22(32)18(31)5-13)25(41-12(3)38)26(42-20)43-21-7-15(28)14(27)6-16(21)29/h4-8,20,23-26H,9H2,1-3H3. The summed E-state index contributed by atoms with van der Waals surface area (Å²) < 4.78 is 79.7. The molecule has 17 heteroatoms. The smallest absolute Gasteiger partial charge is 0.303 e. The van der Waals surface area contributed by atoms with E-state index in [9.17, 15) is 31.9 Å². The molecule has 0 bridgehead atoms. The van der Waals surface area contributed by atoms with E-state index in [1.54, 1.807) is 0 Å². The van der Waals surface area contributed by atoms with Gasteiger partial charge in [0.1, 0.15) is 35.7 Å². The minimum atomic E-state index is -1.69. The molecule has 10 nitrogen and oxygen atoms in total. The Kier molecular flexibility index (Phi) is 10.2. The van der Waals surface area contributed by atoms with Gasteiger partial charge in [-0.15, -0.1) is 5.10 Å². The number of carbonyl (C=O) groups excluding carboxylic acids is 3. The topological polar surface area (TPSA) is 119 Å². The van der Waals surface area contributed by atoms with Crippen LogP contribution in [0.2, 0.25) is 10.0 Å². The number of ether oxygens (including phenoxy) is 4. The fourth-order valence-corrected chi connectivity index (χ4v) is 5.79. The number of carbonyl (C=O) groups is 3. The number of rotatable bonds is 8. The first-order valence-corrected chi connectivity index (χ1v) is 13.9. The molecule has 3 aromatic rings. The summed E-state index contributed by atoms with van der Waals surface area (Å²) in [5, 5.41) is 7.83. The van der Waals surface area contributed by atoms with Crippen LogP contribution in [-0.4, -0.2) is 63.3 Å². The van der Waals surface area contributed by atoms with Crippen LogP contribution in [0.3, 0.4) is 0 Å². The highest BCUT2D eigenvalue weighted by Crippen LogP contribution is 2.43. The van der Waals surface area contributed by atoms with Gasteiger partial charge in [0.2, 0.25) is 0 Å². The fraction of sp³-hybridized carbons (Fsp3) is 0.346. The largest absolute Gasteiger partial charge is 0.463 e. The van der Waals surface area contributed by atoms with Gasteiger partial charge in [0.05, 0.1) is 16.2 Å². The summed E-state index contributed by atoms with van der Waals surface area (Å²) in [5.74, 6) is -7.76. The summed E-state index contributed by atoms with van der Waals surface area (Å²) in [6, 6.07) is 2.29. The lowest BCUT2D eigenvalue weighted by atomic mass is 9.96. The first-order chi connectivity index (χ1) is 20.2. The van der Waals surface area contributed by atoms with Crippen molar-refractivity contribution in [2.24, 2.45) is 0 Å². The highest BCUT2D eigenvalue weighted by molar-refractivity contribution is 7.99. The molecule has 5 atom stereocenters. The minimum absolute atomic E-state index is 0.0101. The third-order valence-corrected chi connectivity index (χ3v) is 7.89. The van der Waals surface area contributed by atoms with Crippen molar-refractivity contribution in [1.29, 1.82) is 0 Å². The second-order valence-electron chi connectivity index (χ2n) is 9.14. The number of hydrogen-bond donors (Lipinski definition) is 0. The fourth-order valence-electron chi connectivity index (χ4n) is 4.26. The van der Waals surface area contributed by atoms with Crippen LogP contribution in [-0.2, 0) is 33.3 Å². The molecule has 0 N–H and O–H groups in total. The molecule has 2 aromatic carbocycles. The summed E-state index contributed by atoms with van der Waals surface area (Å²) >= 11 is 12.7. The van der Waals surface area contributed by atoms with E-state index in [1.165, 1.54) is 12.3 Å². The minimum Gasteiger partial charge on any atom is -0.463 e. The second-order valence-corrected chi connectivity index (χ2v) is 11.1. The van der Waals surface area contributed by atoms with Crippen molar-refractivity contribution >= 4 is 52.9 Å². The Hall–Kier alpha value is -3.40. The quantitative estimate of drug-likeness (QED) is 0.103. The summed E-state index contributed by atoms with van der Waals surface area (Å²) in [5.41, 5.74) is -1.60. The Morgan fingerprint density at radius 3 is 2.12 bits per heavy atom. The highest BCUT2D eigenvalue weighted by atomic mass is 35.5. The predicted octanol–water partition coefficient (Wildman–Crippen LogP) is 5.29. The average molecular weight is 666 g/mol. The van der Waals surface area contributed by atoms with Crippen LogP contribution in [0.5, 0.6) is 0 Å². The number of benzene rings is 2. The van der Waals surface area contributed by atoms with Gasteiger partial charge in [-0.2, -0.15) is 0 Å². The van der Waals surface area contributed by atoms with Crippen LogP contribution in [0, 0.1) is 23.3 Å². The van der Waals surface area contributed by atoms with Gasteiger partial charge < -0.3 is 18.9 Å². The average Bonchev–Trinajstić information content (AvgIpc) is 3.40. The number of aromatic nitrogens is 3. The van der Waals surface area contributed by atoms with Crippen LogP contribution < -0.4 is 0 Å². The van der Waals surface area contributed by atoms with Crippen LogP contribution >= 0.6 is 35.0 Å². The van der Waals surface area contributed by atoms with Gasteiger partial charge in [0.15, 0.2) is 29.7 Å². The van der Waals surface area contributed by atoms with Gasteiger partial charge in [0, 0.05) is 31.2 Å². The van der Waals surface area contributed by atoms with Crippen molar-refractivity contribution in [3.8, 4) is 11.3 Å². The van der Waals surface area contributed by atoms with Crippen LogP contribution in [0.1, 0.15) is 26.8 Å². The third kappa shape index (κ3) is 7.58. The number of thioether (sulfide) groups is 1. The Bertz CT molecular complexity index is 1540. The summed E-state index contributed by atoms with van der Waals surface area (Å²) in [4.78, 5) is 36.0. The Morgan fingerprint density at radius 1 is 0.907 bits per heavy atom.